The first kappa shape index (κ1) is 13.8. The van der Waals surface area contributed by atoms with E-state index in [1.807, 2.05) is 0 Å². The van der Waals surface area contributed by atoms with Crippen LogP contribution in [-0.4, -0.2) is 22.1 Å². The molecular formula is C15H13NO4. The summed E-state index contributed by atoms with van der Waals surface area (Å²) in [6.07, 6.45) is 0. The van der Waals surface area contributed by atoms with Gasteiger partial charge in [-0.1, -0.05) is 24.3 Å². The largest absolute Gasteiger partial charge is 0.478 e. The van der Waals surface area contributed by atoms with Gasteiger partial charge >= 0.3 is 5.97 Å². The highest BCUT2D eigenvalue weighted by Gasteiger charge is 2.15. The molecule has 0 aliphatic carbocycles. The van der Waals surface area contributed by atoms with E-state index >= 15 is 0 Å². The van der Waals surface area contributed by atoms with E-state index in [1.165, 1.54) is 12.1 Å². The number of hydrogen-bond donors (Lipinski definition) is 3. The van der Waals surface area contributed by atoms with Crippen molar-refractivity contribution in [3.63, 3.8) is 0 Å². The first-order valence-electron chi connectivity index (χ1n) is 5.95. The fraction of sp³-hybridized carbons (Fsp3) is 0.0667. The van der Waals surface area contributed by atoms with Crippen LogP contribution in [0.1, 0.15) is 26.3 Å². The SMILES string of the molecule is O=C(O)c1ccccc1C(=O)Nc1ccc(CO)cc1. The van der Waals surface area contributed by atoms with Crippen molar-refractivity contribution in [1.29, 1.82) is 0 Å². The van der Waals surface area contributed by atoms with Crippen molar-refractivity contribution in [2.45, 2.75) is 6.61 Å². The molecule has 5 heteroatoms. The summed E-state index contributed by atoms with van der Waals surface area (Å²) in [5, 5.41) is 20.6. The van der Waals surface area contributed by atoms with Crippen molar-refractivity contribution in [3.05, 3.63) is 65.2 Å². The van der Waals surface area contributed by atoms with Crippen LogP contribution in [0.15, 0.2) is 48.5 Å². The van der Waals surface area contributed by atoms with Crippen molar-refractivity contribution in [3.8, 4) is 0 Å². The molecule has 2 aromatic rings. The van der Waals surface area contributed by atoms with E-state index in [-0.39, 0.29) is 17.7 Å². The zero-order valence-electron chi connectivity index (χ0n) is 10.5. The van der Waals surface area contributed by atoms with Gasteiger partial charge in [-0.2, -0.15) is 0 Å². The van der Waals surface area contributed by atoms with E-state index in [1.54, 1.807) is 36.4 Å². The van der Waals surface area contributed by atoms with Crippen molar-refractivity contribution in [1.82, 2.24) is 0 Å². The molecule has 1 amide bonds. The second-order valence-corrected chi connectivity index (χ2v) is 4.16. The molecule has 0 aliphatic heterocycles. The smallest absolute Gasteiger partial charge is 0.336 e. The van der Waals surface area contributed by atoms with Crippen LogP contribution >= 0.6 is 0 Å². The van der Waals surface area contributed by atoms with Gasteiger partial charge in [-0.15, -0.1) is 0 Å². The van der Waals surface area contributed by atoms with Gasteiger partial charge in [0.15, 0.2) is 0 Å². The Kier molecular flexibility index (Phi) is 4.12. The number of carboxylic acids is 1. The van der Waals surface area contributed by atoms with Gasteiger partial charge in [-0.05, 0) is 29.8 Å². The Morgan fingerprint density at radius 2 is 1.55 bits per heavy atom. The van der Waals surface area contributed by atoms with Gasteiger partial charge in [0.25, 0.3) is 5.91 Å². The molecular weight excluding hydrogens is 258 g/mol. The van der Waals surface area contributed by atoms with Crippen LogP contribution in [0.4, 0.5) is 5.69 Å². The Hall–Kier alpha value is -2.66. The Morgan fingerprint density at radius 1 is 0.950 bits per heavy atom. The minimum Gasteiger partial charge on any atom is -0.478 e. The Labute approximate surface area is 115 Å². The summed E-state index contributed by atoms with van der Waals surface area (Å²) < 4.78 is 0. The lowest BCUT2D eigenvalue weighted by atomic mass is 10.1. The van der Waals surface area contributed by atoms with E-state index in [4.69, 9.17) is 10.2 Å². The standard InChI is InChI=1S/C15H13NO4/c17-9-10-5-7-11(8-6-10)16-14(18)12-3-1-2-4-13(12)15(19)20/h1-8,17H,9H2,(H,16,18)(H,19,20). The molecule has 5 nitrogen and oxygen atoms in total. The third kappa shape index (κ3) is 3.02. The molecule has 0 unspecified atom stereocenters. The molecule has 0 bridgehead atoms. The molecule has 3 N–H and O–H groups in total. The number of carboxylic acid groups (broad SMARTS) is 1. The summed E-state index contributed by atoms with van der Waals surface area (Å²) in [6, 6.07) is 12.7. The minimum absolute atomic E-state index is 0.0445. The number of benzene rings is 2. The first-order chi connectivity index (χ1) is 9.61. The van der Waals surface area contributed by atoms with Gasteiger partial charge in [0, 0.05) is 5.69 Å². The fourth-order valence-electron chi connectivity index (χ4n) is 1.76. The van der Waals surface area contributed by atoms with Crippen LogP contribution in [-0.2, 0) is 6.61 Å². The molecule has 102 valence electrons. The van der Waals surface area contributed by atoms with Gasteiger partial charge in [0.05, 0.1) is 17.7 Å². The maximum atomic E-state index is 12.1. The number of aliphatic hydroxyl groups excluding tert-OH is 1. The van der Waals surface area contributed by atoms with Crippen LogP contribution in [0.3, 0.4) is 0 Å². The number of hydrogen-bond acceptors (Lipinski definition) is 3. The quantitative estimate of drug-likeness (QED) is 0.795. The zero-order chi connectivity index (χ0) is 14.5. The van der Waals surface area contributed by atoms with Crippen LogP contribution in [0.25, 0.3) is 0 Å². The molecule has 0 aromatic heterocycles. The maximum Gasteiger partial charge on any atom is 0.336 e. The van der Waals surface area contributed by atoms with Crippen LogP contribution in [0.5, 0.6) is 0 Å². The first-order valence-corrected chi connectivity index (χ1v) is 5.95. The Morgan fingerprint density at radius 3 is 2.10 bits per heavy atom. The number of carbonyl (C=O) groups is 2. The number of anilines is 1. The molecule has 0 radical (unpaired) electrons. The lowest BCUT2D eigenvalue weighted by molar-refractivity contribution is 0.0692. The van der Waals surface area contributed by atoms with Gasteiger partial charge in [0.1, 0.15) is 0 Å². The van der Waals surface area contributed by atoms with E-state index < -0.39 is 11.9 Å². The summed E-state index contributed by atoms with van der Waals surface area (Å²) in [5.41, 5.74) is 1.32. The molecule has 0 heterocycles. The molecule has 2 rings (SSSR count). The van der Waals surface area contributed by atoms with Crippen molar-refractivity contribution < 1.29 is 19.8 Å². The lowest BCUT2D eigenvalue weighted by Crippen LogP contribution is -2.16. The van der Waals surface area contributed by atoms with E-state index in [9.17, 15) is 9.59 Å². The van der Waals surface area contributed by atoms with Crippen molar-refractivity contribution in [2.75, 3.05) is 5.32 Å². The third-order valence-electron chi connectivity index (χ3n) is 2.80. The zero-order valence-corrected chi connectivity index (χ0v) is 10.5. The van der Waals surface area contributed by atoms with Crippen molar-refractivity contribution >= 4 is 17.6 Å². The van der Waals surface area contributed by atoms with E-state index in [2.05, 4.69) is 5.32 Å². The number of nitrogens with one attached hydrogen (secondary N) is 1. The highest BCUT2D eigenvalue weighted by molar-refractivity contribution is 6.10. The van der Waals surface area contributed by atoms with Crippen LogP contribution in [0, 0.1) is 0 Å². The minimum atomic E-state index is -1.15. The van der Waals surface area contributed by atoms with Crippen LogP contribution < -0.4 is 5.32 Å². The predicted molar refractivity (Wildman–Crippen MR) is 73.7 cm³/mol. The second-order valence-electron chi connectivity index (χ2n) is 4.16. The highest BCUT2D eigenvalue weighted by Crippen LogP contribution is 2.14. The molecule has 0 saturated heterocycles. The second kappa shape index (κ2) is 5.99. The van der Waals surface area contributed by atoms with Gasteiger partial charge < -0.3 is 15.5 Å². The number of amides is 1. The normalized spacial score (nSPS) is 10.1. The molecule has 0 spiro atoms. The summed E-state index contributed by atoms with van der Waals surface area (Å²) in [6.45, 7) is -0.0733. The molecule has 0 aliphatic rings. The number of rotatable bonds is 4. The highest BCUT2D eigenvalue weighted by atomic mass is 16.4. The van der Waals surface area contributed by atoms with Gasteiger partial charge in [-0.3, -0.25) is 4.79 Å². The average molecular weight is 271 g/mol. The van der Waals surface area contributed by atoms with Crippen LogP contribution in [0.2, 0.25) is 0 Å². The Bertz CT molecular complexity index is 635. The lowest BCUT2D eigenvalue weighted by Gasteiger charge is -2.08. The van der Waals surface area contributed by atoms with Crippen molar-refractivity contribution in [2.24, 2.45) is 0 Å². The summed E-state index contributed by atoms with van der Waals surface area (Å²) in [5.74, 6) is -1.63. The number of aromatic carboxylic acids is 1. The maximum absolute atomic E-state index is 12.1. The van der Waals surface area contributed by atoms with E-state index in [0.717, 1.165) is 5.56 Å². The molecule has 0 saturated carbocycles. The molecule has 0 atom stereocenters. The number of carbonyl (C=O) groups excluding carboxylic acids is 1. The third-order valence-corrected chi connectivity index (χ3v) is 2.80. The molecule has 2 aromatic carbocycles. The van der Waals surface area contributed by atoms with E-state index in [0.29, 0.717) is 5.69 Å². The number of aliphatic hydroxyl groups is 1. The fourth-order valence-corrected chi connectivity index (χ4v) is 1.76. The summed E-state index contributed by atoms with van der Waals surface area (Å²) in [7, 11) is 0. The average Bonchev–Trinajstić information content (AvgIpc) is 2.48. The predicted octanol–water partition coefficient (Wildman–Crippen LogP) is 2.13. The summed E-state index contributed by atoms with van der Waals surface area (Å²) >= 11 is 0. The monoisotopic (exact) mass is 271 g/mol. The summed E-state index contributed by atoms with van der Waals surface area (Å²) in [4.78, 5) is 23.1. The molecule has 20 heavy (non-hydrogen) atoms. The molecule has 0 fully saturated rings. The Balaban J connectivity index is 2.21. The van der Waals surface area contributed by atoms with Gasteiger partial charge in [-0.25, -0.2) is 4.79 Å². The van der Waals surface area contributed by atoms with Gasteiger partial charge in [0.2, 0.25) is 0 Å². The topological polar surface area (TPSA) is 86.6 Å².